The van der Waals surface area contributed by atoms with Crippen molar-refractivity contribution in [2.75, 3.05) is 20.2 Å². The van der Waals surface area contributed by atoms with Crippen LogP contribution in [0.25, 0.3) is 10.9 Å². The number of aromatic nitrogens is 2. The van der Waals surface area contributed by atoms with Crippen LogP contribution in [-0.2, 0) is 0 Å². The van der Waals surface area contributed by atoms with Crippen LogP contribution >= 0.6 is 0 Å². The maximum atomic E-state index is 10.8. The number of ether oxygens (including phenoxy) is 1. The molecule has 90 valence electrons. The number of carbonyl (C=O) groups is 1. The van der Waals surface area contributed by atoms with E-state index < -0.39 is 6.03 Å². The van der Waals surface area contributed by atoms with Gasteiger partial charge in [0.1, 0.15) is 17.9 Å². The number of urea groups is 1. The normalized spacial score (nSPS) is 10.4. The number of nitrogens with two attached hydrogens (primary N) is 1. The van der Waals surface area contributed by atoms with E-state index in [9.17, 15) is 4.79 Å². The highest BCUT2D eigenvalue weighted by Crippen LogP contribution is 2.22. The third-order valence-electron chi connectivity index (χ3n) is 2.50. The maximum Gasteiger partial charge on any atom is 0.314 e. The molecule has 0 unspecified atom stereocenters. The summed E-state index contributed by atoms with van der Waals surface area (Å²) in [6.45, 7) is 0.831. The van der Waals surface area contributed by atoms with Crippen molar-refractivity contribution in [1.29, 1.82) is 0 Å². The van der Waals surface area contributed by atoms with Crippen molar-refractivity contribution < 1.29 is 9.53 Å². The minimum atomic E-state index is -0.464. The van der Waals surface area contributed by atoms with Crippen LogP contribution in [0.15, 0.2) is 24.4 Å². The number of nitrogens with zero attached hydrogens (tertiary/aromatic N) is 2. The first-order valence-corrected chi connectivity index (χ1v) is 5.24. The van der Waals surface area contributed by atoms with E-state index >= 15 is 0 Å². The van der Waals surface area contributed by atoms with E-state index in [4.69, 9.17) is 10.5 Å². The summed E-state index contributed by atoms with van der Waals surface area (Å²) in [5.74, 6) is 0.720. The van der Waals surface area contributed by atoms with E-state index in [-0.39, 0.29) is 0 Å². The van der Waals surface area contributed by atoms with Gasteiger partial charge in [-0.05, 0) is 6.07 Å². The van der Waals surface area contributed by atoms with E-state index in [2.05, 4.69) is 10.2 Å². The fraction of sp³-hybridized carbons (Fsp3) is 0.273. The van der Waals surface area contributed by atoms with Gasteiger partial charge in [-0.3, -0.25) is 5.10 Å². The molecule has 6 nitrogen and oxygen atoms in total. The summed E-state index contributed by atoms with van der Waals surface area (Å²) in [6.07, 6.45) is 1.73. The zero-order valence-corrected chi connectivity index (χ0v) is 9.51. The second-order valence-corrected chi connectivity index (χ2v) is 3.70. The lowest BCUT2D eigenvalue weighted by Crippen LogP contribution is -2.35. The summed E-state index contributed by atoms with van der Waals surface area (Å²) in [5, 5.41) is 7.80. The Labute approximate surface area is 98.3 Å². The maximum absolute atomic E-state index is 10.8. The van der Waals surface area contributed by atoms with E-state index in [1.54, 1.807) is 13.2 Å². The molecule has 0 aliphatic heterocycles. The third kappa shape index (κ3) is 2.47. The smallest absolute Gasteiger partial charge is 0.314 e. The van der Waals surface area contributed by atoms with Crippen molar-refractivity contribution in [2.24, 2.45) is 5.73 Å². The summed E-state index contributed by atoms with van der Waals surface area (Å²) < 4.78 is 5.58. The van der Waals surface area contributed by atoms with Gasteiger partial charge in [0.25, 0.3) is 0 Å². The van der Waals surface area contributed by atoms with Gasteiger partial charge in [-0.15, -0.1) is 0 Å². The lowest BCUT2D eigenvalue weighted by atomic mass is 10.2. The first kappa shape index (κ1) is 11.3. The Kier molecular flexibility index (Phi) is 3.13. The average Bonchev–Trinajstić information content (AvgIpc) is 2.77. The van der Waals surface area contributed by atoms with Crippen LogP contribution in [0.4, 0.5) is 4.79 Å². The predicted molar refractivity (Wildman–Crippen MR) is 63.8 cm³/mol. The Morgan fingerprint density at radius 1 is 1.59 bits per heavy atom. The summed E-state index contributed by atoms with van der Waals surface area (Å²) in [7, 11) is 1.63. The number of primary amides is 1. The molecule has 0 fully saturated rings. The lowest BCUT2D eigenvalue weighted by molar-refractivity contribution is 0.204. The number of benzene rings is 1. The summed E-state index contributed by atoms with van der Waals surface area (Å²) in [5.41, 5.74) is 5.96. The number of para-hydroxylation sites is 1. The number of H-pyrrole nitrogens is 1. The monoisotopic (exact) mass is 234 g/mol. The van der Waals surface area contributed by atoms with Gasteiger partial charge in [0.05, 0.1) is 12.7 Å². The summed E-state index contributed by atoms with van der Waals surface area (Å²) >= 11 is 0. The minimum Gasteiger partial charge on any atom is -0.489 e. The number of amides is 2. The molecule has 0 aliphatic rings. The van der Waals surface area contributed by atoms with Gasteiger partial charge in [0.2, 0.25) is 0 Å². The number of nitrogens with one attached hydrogen (secondary N) is 1. The molecule has 2 amide bonds. The Morgan fingerprint density at radius 2 is 2.41 bits per heavy atom. The number of fused-ring (bicyclic) bond motifs is 1. The van der Waals surface area contributed by atoms with Gasteiger partial charge >= 0.3 is 6.03 Å². The summed E-state index contributed by atoms with van der Waals surface area (Å²) in [4.78, 5) is 12.2. The Bertz CT molecular complexity index is 523. The highest BCUT2D eigenvalue weighted by molar-refractivity contribution is 5.83. The third-order valence-corrected chi connectivity index (χ3v) is 2.50. The molecule has 1 aromatic heterocycles. The van der Waals surface area contributed by atoms with Gasteiger partial charge in [0, 0.05) is 12.4 Å². The second kappa shape index (κ2) is 4.73. The molecule has 1 aromatic carbocycles. The van der Waals surface area contributed by atoms with E-state index in [1.165, 1.54) is 4.90 Å². The van der Waals surface area contributed by atoms with Crippen LogP contribution in [0.3, 0.4) is 0 Å². The van der Waals surface area contributed by atoms with Gasteiger partial charge in [-0.1, -0.05) is 12.1 Å². The van der Waals surface area contributed by atoms with Crippen molar-refractivity contribution in [3.63, 3.8) is 0 Å². The van der Waals surface area contributed by atoms with Crippen molar-refractivity contribution in [2.45, 2.75) is 0 Å². The highest BCUT2D eigenvalue weighted by atomic mass is 16.5. The van der Waals surface area contributed by atoms with Crippen molar-refractivity contribution in [1.82, 2.24) is 15.1 Å². The molecule has 1 heterocycles. The van der Waals surface area contributed by atoms with Crippen LogP contribution in [-0.4, -0.2) is 41.3 Å². The highest BCUT2D eigenvalue weighted by Gasteiger charge is 2.05. The molecule has 0 radical (unpaired) electrons. The van der Waals surface area contributed by atoms with Gasteiger partial charge in [0.15, 0.2) is 0 Å². The average molecular weight is 234 g/mol. The number of hydrogen-bond acceptors (Lipinski definition) is 3. The summed E-state index contributed by atoms with van der Waals surface area (Å²) in [6, 6.07) is 5.23. The standard InChI is InChI=1S/C11H14N4O2/c1-15(11(12)16)5-6-17-9-4-2-3-8-7-13-14-10(8)9/h2-4,7H,5-6H2,1H3,(H2,12,16)(H,13,14). The van der Waals surface area contributed by atoms with Crippen LogP contribution in [0.2, 0.25) is 0 Å². The lowest BCUT2D eigenvalue weighted by Gasteiger charge is -2.14. The number of likely N-dealkylation sites (N-methyl/N-ethyl adjacent to an activating group) is 1. The molecule has 0 spiro atoms. The fourth-order valence-electron chi connectivity index (χ4n) is 1.46. The largest absolute Gasteiger partial charge is 0.489 e. The first-order valence-electron chi connectivity index (χ1n) is 5.24. The Morgan fingerprint density at radius 3 is 3.18 bits per heavy atom. The minimum absolute atomic E-state index is 0.386. The molecule has 3 N–H and O–H groups in total. The van der Waals surface area contributed by atoms with E-state index in [1.807, 2.05) is 18.2 Å². The zero-order chi connectivity index (χ0) is 12.3. The molecule has 2 aromatic rings. The quantitative estimate of drug-likeness (QED) is 0.826. The van der Waals surface area contributed by atoms with E-state index in [0.717, 1.165) is 16.7 Å². The van der Waals surface area contributed by atoms with Crippen LogP contribution < -0.4 is 10.5 Å². The van der Waals surface area contributed by atoms with Gasteiger partial charge < -0.3 is 15.4 Å². The first-order chi connectivity index (χ1) is 8.18. The topological polar surface area (TPSA) is 84.2 Å². The molecule has 0 bridgehead atoms. The number of carbonyl (C=O) groups excluding carboxylic acids is 1. The molecular formula is C11H14N4O2. The van der Waals surface area contributed by atoms with Crippen molar-refractivity contribution >= 4 is 16.9 Å². The van der Waals surface area contributed by atoms with Gasteiger partial charge in [-0.2, -0.15) is 5.10 Å². The predicted octanol–water partition coefficient (Wildman–Crippen LogP) is 0.952. The van der Waals surface area contributed by atoms with E-state index in [0.29, 0.717) is 13.2 Å². The number of rotatable bonds is 4. The Hall–Kier alpha value is -2.24. The molecule has 0 aliphatic carbocycles. The van der Waals surface area contributed by atoms with Crippen LogP contribution in [0, 0.1) is 0 Å². The zero-order valence-electron chi connectivity index (χ0n) is 9.51. The van der Waals surface area contributed by atoms with Crippen LogP contribution in [0.1, 0.15) is 0 Å². The number of hydrogen-bond donors (Lipinski definition) is 2. The number of aromatic amines is 1. The molecule has 0 saturated carbocycles. The molecule has 6 heteroatoms. The van der Waals surface area contributed by atoms with Crippen molar-refractivity contribution in [3.05, 3.63) is 24.4 Å². The van der Waals surface area contributed by atoms with Gasteiger partial charge in [-0.25, -0.2) is 4.79 Å². The molecule has 17 heavy (non-hydrogen) atoms. The molecule has 0 atom stereocenters. The molecule has 0 saturated heterocycles. The molecule has 2 rings (SSSR count). The Balaban J connectivity index is 1.99. The molecular weight excluding hydrogens is 220 g/mol. The fourth-order valence-corrected chi connectivity index (χ4v) is 1.46. The SMILES string of the molecule is CN(CCOc1cccc2cn[nH]c12)C(N)=O. The second-order valence-electron chi connectivity index (χ2n) is 3.70. The van der Waals surface area contributed by atoms with Crippen LogP contribution in [0.5, 0.6) is 5.75 Å². The van der Waals surface area contributed by atoms with Crippen molar-refractivity contribution in [3.8, 4) is 5.75 Å².